The standard InChI is InChI=1S/C14H18N4O3S/c1-9-12-5-11(7-15-13(12)18(2)17-9)14(19)16-6-10-3-4-22(20,21)8-10/h5,7,10H,3-4,6,8H2,1-2H3,(H,16,19)/t10-/m0/s1. The van der Waals surface area contributed by atoms with Gasteiger partial charge >= 0.3 is 0 Å². The minimum Gasteiger partial charge on any atom is -0.352 e. The first kappa shape index (κ1) is 15.0. The molecule has 22 heavy (non-hydrogen) atoms. The van der Waals surface area contributed by atoms with Crippen molar-refractivity contribution in [3.8, 4) is 0 Å². The summed E-state index contributed by atoms with van der Waals surface area (Å²) in [7, 11) is -1.11. The topological polar surface area (TPSA) is 93.9 Å². The number of carbonyl (C=O) groups is 1. The molecule has 1 fully saturated rings. The lowest BCUT2D eigenvalue weighted by molar-refractivity contribution is 0.0948. The molecule has 1 amide bonds. The number of amides is 1. The van der Waals surface area contributed by atoms with Gasteiger partial charge in [-0.3, -0.25) is 9.48 Å². The minimum absolute atomic E-state index is 0.00534. The van der Waals surface area contributed by atoms with Gasteiger partial charge in [-0.25, -0.2) is 13.4 Å². The number of aromatic nitrogens is 3. The van der Waals surface area contributed by atoms with Crippen LogP contribution in [0.2, 0.25) is 0 Å². The summed E-state index contributed by atoms with van der Waals surface area (Å²) in [5, 5.41) is 7.92. The van der Waals surface area contributed by atoms with E-state index in [1.807, 2.05) is 14.0 Å². The van der Waals surface area contributed by atoms with Crippen molar-refractivity contribution in [2.75, 3.05) is 18.1 Å². The van der Waals surface area contributed by atoms with Crippen LogP contribution in [0.1, 0.15) is 22.5 Å². The Morgan fingerprint density at radius 2 is 2.27 bits per heavy atom. The van der Waals surface area contributed by atoms with E-state index in [1.54, 1.807) is 10.7 Å². The SMILES string of the molecule is Cc1nn(C)c2ncc(C(=O)NC[C@@H]3CCS(=O)(=O)C3)cc12. The maximum absolute atomic E-state index is 12.2. The van der Waals surface area contributed by atoms with Crippen LogP contribution in [0.25, 0.3) is 11.0 Å². The van der Waals surface area contributed by atoms with E-state index >= 15 is 0 Å². The third-order valence-corrected chi connectivity index (χ3v) is 5.84. The Labute approximate surface area is 128 Å². The largest absolute Gasteiger partial charge is 0.352 e. The third-order valence-electron chi connectivity index (χ3n) is 4.00. The minimum atomic E-state index is -2.91. The summed E-state index contributed by atoms with van der Waals surface area (Å²) in [4.78, 5) is 16.5. The molecule has 0 saturated carbocycles. The van der Waals surface area contributed by atoms with Gasteiger partial charge in [0.25, 0.3) is 5.91 Å². The third kappa shape index (κ3) is 2.83. The van der Waals surface area contributed by atoms with Gasteiger partial charge < -0.3 is 5.32 Å². The van der Waals surface area contributed by atoms with Crippen molar-refractivity contribution in [2.45, 2.75) is 13.3 Å². The number of hydrogen-bond donors (Lipinski definition) is 1. The number of fused-ring (bicyclic) bond motifs is 1. The number of nitrogens with zero attached hydrogens (tertiary/aromatic N) is 3. The second-order valence-electron chi connectivity index (χ2n) is 5.78. The van der Waals surface area contributed by atoms with Crippen molar-refractivity contribution >= 4 is 26.8 Å². The zero-order valence-corrected chi connectivity index (χ0v) is 13.4. The smallest absolute Gasteiger partial charge is 0.252 e. The van der Waals surface area contributed by atoms with E-state index in [0.29, 0.717) is 18.5 Å². The number of carbonyl (C=O) groups excluding carboxylic acids is 1. The van der Waals surface area contributed by atoms with E-state index in [-0.39, 0.29) is 23.3 Å². The zero-order chi connectivity index (χ0) is 15.9. The van der Waals surface area contributed by atoms with Gasteiger partial charge in [-0.1, -0.05) is 0 Å². The summed E-state index contributed by atoms with van der Waals surface area (Å²) < 4.78 is 24.5. The van der Waals surface area contributed by atoms with E-state index in [9.17, 15) is 13.2 Å². The lowest BCUT2D eigenvalue weighted by atomic mass is 10.1. The molecular formula is C14H18N4O3S. The Morgan fingerprint density at radius 1 is 1.50 bits per heavy atom. The van der Waals surface area contributed by atoms with Gasteiger partial charge in [0.2, 0.25) is 0 Å². The van der Waals surface area contributed by atoms with E-state index in [0.717, 1.165) is 16.7 Å². The van der Waals surface area contributed by atoms with E-state index in [2.05, 4.69) is 15.4 Å². The first-order valence-electron chi connectivity index (χ1n) is 7.14. The maximum atomic E-state index is 12.2. The van der Waals surface area contributed by atoms with Crippen LogP contribution in [-0.2, 0) is 16.9 Å². The lowest BCUT2D eigenvalue weighted by Crippen LogP contribution is -2.29. The molecule has 0 radical (unpaired) electrons. The highest BCUT2D eigenvalue weighted by Crippen LogP contribution is 2.18. The molecule has 1 N–H and O–H groups in total. The van der Waals surface area contributed by atoms with Crippen LogP contribution in [0, 0.1) is 12.8 Å². The van der Waals surface area contributed by atoms with Gasteiger partial charge in [0.05, 0.1) is 22.8 Å². The average Bonchev–Trinajstić information content (AvgIpc) is 2.96. The number of aryl methyl sites for hydroxylation is 2. The van der Waals surface area contributed by atoms with Gasteiger partial charge in [0.1, 0.15) is 0 Å². The van der Waals surface area contributed by atoms with Crippen LogP contribution < -0.4 is 5.32 Å². The first-order valence-corrected chi connectivity index (χ1v) is 8.96. The monoisotopic (exact) mass is 322 g/mol. The molecule has 1 aliphatic rings. The molecule has 8 heteroatoms. The molecule has 2 aromatic rings. The molecule has 7 nitrogen and oxygen atoms in total. The fourth-order valence-electron chi connectivity index (χ4n) is 2.80. The molecule has 0 spiro atoms. The average molecular weight is 322 g/mol. The number of hydrogen-bond acceptors (Lipinski definition) is 5. The molecule has 1 saturated heterocycles. The molecule has 3 heterocycles. The zero-order valence-electron chi connectivity index (χ0n) is 12.5. The molecule has 0 aliphatic carbocycles. The van der Waals surface area contributed by atoms with Gasteiger partial charge in [0.15, 0.2) is 15.5 Å². The van der Waals surface area contributed by atoms with Gasteiger partial charge in [-0.05, 0) is 25.3 Å². The molecular weight excluding hydrogens is 304 g/mol. The summed E-state index contributed by atoms with van der Waals surface area (Å²) >= 11 is 0. The van der Waals surface area contributed by atoms with Crippen molar-refractivity contribution < 1.29 is 13.2 Å². The fourth-order valence-corrected chi connectivity index (χ4v) is 4.67. The van der Waals surface area contributed by atoms with Gasteiger partial charge in [-0.15, -0.1) is 0 Å². The summed E-state index contributed by atoms with van der Waals surface area (Å²) in [6, 6.07) is 1.77. The molecule has 1 aliphatic heterocycles. The van der Waals surface area contributed by atoms with Crippen LogP contribution in [0.4, 0.5) is 0 Å². The number of sulfone groups is 1. The van der Waals surface area contributed by atoms with E-state index in [1.165, 1.54) is 6.20 Å². The fraction of sp³-hybridized carbons (Fsp3) is 0.500. The number of pyridine rings is 1. The van der Waals surface area contributed by atoms with Crippen LogP contribution in [0.15, 0.2) is 12.3 Å². The van der Waals surface area contributed by atoms with Crippen molar-refractivity contribution in [3.05, 3.63) is 23.5 Å². The molecule has 1 atom stereocenters. The van der Waals surface area contributed by atoms with Crippen LogP contribution >= 0.6 is 0 Å². The Kier molecular flexibility index (Phi) is 3.64. The quantitative estimate of drug-likeness (QED) is 0.885. The summed E-state index contributed by atoms with van der Waals surface area (Å²) in [5.41, 5.74) is 2.02. The predicted octanol–water partition coefficient (Wildman–Crippen LogP) is 0.441. The number of nitrogens with one attached hydrogen (secondary N) is 1. The Hall–Kier alpha value is -1.96. The van der Waals surface area contributed by atoms with Crippen molar-refractivity contribution in [3.63, 3.8) is 0 Å². The lowest BCUT2D eigenvalue weighted by Gasteiger charge is -2.09. The van der Waals surface area contributed by atoms with Crippen molar-refractivity contribution in [1.82, 2.24) is 20.1 Å². The second-order valence-corrected chi connectivity index (χ2v) is 8.01. The van der Waals surface area contributed by atoms with Crippen LogP contribution in [-0.4, -0.2) is 47.1 Å². The molecule has 2 aromatic heterocycles. The predicted molar refractivity (Wildman–Crippen MR) is 82.3 cm³/mol. The van der Waals surface area contributed by atoms with Crippen molar-refractivity contribution in [2.24, 2.45) is 13.0 Å². The Morgan fingerprint density at radius 3 is 2.95 bits per heavy atom. The Bertz CT molecular complexity index is 841. The molecule has 118 valence electrons. The Balaban J connectivity index is 1.71. The summed E-state index contributed by atoms with van der Waals surface area (Å²) in [6.45, 7) is 2.25. The maximum Gasteiger partial charge on any atom is 0.252 e. The van der Waals surface area contributed by atoms with Gasteiger partial charge in [-0.2, -0.15) is 5.10 Å². The molecule has 0 aromatic carbocycles. The highest BCUT2D eigenvalue weighted by Gasteiger charge is 2.28. The first-order chi connectivity index (χ1) is 10.4. The van der Waals surface area contributed by atoms with E-state index < -0.39 is 9.84 Å². The highest BCUT2D eigenvalue weighted by atomic mass is 32.2. The van der Waals surface area contributed by atoms with Crippen LogP contribution in [0.3, 0.4) is 0 Å². The summed E-state index contributed by atoms with van der Waals surface area (Å²) in [5.74, 6) is 0.148. The number of rotatable bonds is 3. The highest BCUT2D eigenvalue weighted by molar-refractivity contribution is 7.91. The van der Waals surface area contributed by atoms with Crippen LogP contribution in [0.5, 0.6) is 0 Å². The van der Waals surface area contributed by atoms with E-state index in [4.69, 9.17) is 0 Å². The summed E-state index contributed by atoms with van der Waals surface area (Å²) in [6.07, 6.45) is 2.13. The molecule has 0 unspecified atom stereocenters. The normalized spacial score (nSPS) is 20.4. The molecule has 0 bridgehead atoms. The second kappa shape index (κ2) is 5.35. The van der Waals surface area contributed by atoms with Crippen molar-refractivity contribution in [1.29, 1.82) is 0 Å². The van der Waals surface area contributed by atoms with Gasteiger partial charge in [0, 0.05) is 25.2 Å². The molecule has 3 rings (SSSR count).